The molecule has 0 aliphatic rings. The fourth-order valence-electron chi connectivity index (χ4n) is 1.62. The molecular weight excluding hydrogens is 214 g/mol. The Balaban J connectivity index is 1.70. The lowest BCUT2D eigenvalue weighted by Crippen LogP contribution is -2.27. The van der Waals surface area contributed by atoms with Crippen LogP contribution in [0.1, 0.15) is 11.3 Å². The lowest BCUT2D eigenvalue weighted by atomic mass is 10.1. The molecule has 1 amide bonds. The van der Waals surface area contributed by atoms with Crippen LogP contribution in [0.15, 0.2) is 53.1 Å². The van der Waals surface area contributed by atoms with Crippen molar-refractivity contribution in [2.24, 2.45) is 0 Å². The Labute approximate surface area is 100 Å². The van der Waals surface area contributed by atoms with Gasteiger partial charge in [0.1, 0.15) is 5.76 Å². The fourth-order valence-corrected chi connectivity index (χ4v) is 1.62. The normalized spacial score (nSPS) is 10.1. The van der Waals surface area contributed by atoms with Crippen molar-refractivity contribution in [2.75, 3.05) is 6.54 Å². The fraction of sp³-hybridized carbons (Fsp3) is 0.214. The van der Waals surface area contributed by atoms with E-state index in [4.69, 9.17) is 4.42 Å². The molecule has 88 valence electrons. The quantitative estimate of drug-likeness (QED) is 0.853. The van der Waals surface area contributed by atoms with Crippen molar-refractivity contribution in [1.29, 1.82) is 0 Å². The van der Waals surface area contributed by atoms with Crippen LogP contribution in [-0.4, -0.2) is 12.5 Å². The number of hydrogen-bond acceptors (Lipinski definition) is 2. The molecule has 3 heteroatoms. The number of furan rings is 1. The Morgan fingerprint density at radius 2 is 1.94 bits per heavy atom. The zero-order valence-electron chi connectivity index (χ0n) is 9.56. The number of carbonyl (C=O) groups excluding carboxylic acids is 1. The van der Waals surface area contributed by atoms with Crippen molar-refractivity contribution in [2.45, 2.75) is 12.8 Å². The van der Waals surface area contributed by atoms with E-state index in [0.29, 0.717) is 18.7 Å². The van der Waals surface area contributed by atoms with Gasteiger partial charge in [0.25, 0.3) is 0 Å². The smallest absolute Gasteiger partial charge is 0.227 e. The molecule has 2 rings (SSSR count). The first-order valence-electron chi connectivity index (χ1n) is 5.67. The van der Waals surface area contributed by atoms with Crippen LogP contribution in [0, 0.1) is 0 Å². The van der Waals surface area contributed by atoms with Crippen LogP contribution in [0.4, 0.5) is 0 Å². The van der Waals surface area contributed by atoms with Crippen molar-refractivity contribution >= 4 is 5.91 Å². The number of carbonyl (C=O) groups is 1. The minimum Gasteiger partial charge on any atom is -0.469 e. The van der Waals surface area contributed by atoms with Gasteiger partial charge < -0.3 is 9.73 Å². The number of hydrogen-bond donors (Lipinski definition) is 1. The topological polar surface area (TPSA) is 42.2 Å². The first-order chi connectivity index (χ1) is 8.34. The average molecular weight is 229 g/mol. The van der Waals surface area contributed by atoms with E-state index >= 15 is 0 Å². The summed E-state index contributed by atoms with van der Waals surface area (Å²) in [4.78, 5) is 11.5. The number of nitrogens with one attached hydrogen (secondary N) is 1. The molecule has 1 heterocycles. The molecule has 17 heavy (non-hydrogen) atoms. The minimum absolute atomic E-state index is 0.00381. The Morgan fingerprint density at radius 3 is 2.65 bits per heavy atom. The van der Waals surface area contributed by atoms with E-state index in [9.17, 15) is 4.79 Å². The molecule has 0 atom stereocenters. The molecule has 0 saturated carbocycles. The molecule has 3 nitrogen and oxygen atoms in total. The second kappa shape index (κ2) is 5.89. The summed E-state index contributed by atoms with van der Waals surface area (Å²) < 4.78 is 5.11. The lowest BCUT2D eigenvalue weighted by Gasteiger charge is -2.04. The Morgan fingerprint density at radius 1 is 1.12 bits per heavy atom. The van der Waals surface area contributed by atoms with E-state index < -0.39 is 0 Å². The van der Waals surface area contributed by atoms with Gasteiger partial charge in [-0.2, -0.15) is 0 Å². The number of benzene rings is 1. The van der Waals surface area contributed by atoms with Crippen LogP contribution >= 0.6 is 0 Å². The highest BCUT2D eigenvalue weighted by molar-refractivity contribution is 5.77. The summed E-state index contributed by atoms with van der Waals surface area (Å²) in [7, 11) is 0. The predicted octanol–water partition coefficient (Wildman–Crippen LogP) is 2.18. The summed E-state index contributed by atoms with van der Waals surface area (Å²) in [6.07, 6.45) is 2.74. The molecule has 0 bridgehead atoms. The summed E-state index contributed by atoms with van der Waals surface area (Å²) >= 11 is 0. The number of rotatable bonds is 5. The summed E-state index contributed by atoms with van der Waals surface area (Å²) in [5.41, 5.74) is 1.23. The third-order valence-electron chi connectivity index (χ3n) is 2.49. The first-order valence-corrected chi connectivity index (χ1v) is 5.67. The summed E-state index contributed by atoms with van der Waals surface area (Å²) in [5.74, 6) is 0.693. The van der Waals surface area contributed by atoms with Gasteiger partial charge in [-0.05, 0) is 24.1 Å². The second-order valence-electron chi connectivity index (χ2n) is 3.84. The maximum absolute atomic E-state index is 11.5. The van der Waals surface area contributed by atoms with Crippen molar-refractivity contribution in [1.82, 2.24) is 5.32 Å². The largest absolute Gasteiger partial charge is 0.469 e. The maximum atomic E-state index is 11.5. The molecular formula is C14H15NO2. The van der Waals surface area contributed by atoms with Crippen molar-refractivity contribution < 1.29 is 9.21 Å². The summed E-state index contributed by atoms with van der Waals surface area (Å²) in [6.45, 7) is 0.656. The van der Waals surface area contributed by atoms with Gasteiger partial charge in [0.05, 0.1) is 12.7 Å². The van der Waals surface area contributed by atoms with Gasteiger partial charge in [-0.15, -0.1) is 0 Å². The van der Waals surface area contributed by atoms with Crippen molar-refractivity contribution in [3.05, 3.63) is 60.1 Å². The summed E-state index contributed by atoms with van der Waals surface area (Å²) in [6, 6.07) is 13.7. The van der Waals surface area contributed by atoms with Crippen LogP contribution in [0.5, 0.6) is 0 Å². The van der Waals surface area contributed by atoms with Gasteiger partial charge in [0.15, 0.2) is 0 Å². The SMILES string of the molecule is O=C(Cc1ccco1)NCCc1ccccc1. The second-order valence-corrected chi connectivity index (χ2v) is 3.84. The van der Waals surface area contributed by atoms with Crippen LogP contribution in [0.3, 0.4) is 0 Å². The molecule has 1 N–H and O–H groups in total. The molecule has 0 aliphatic carbocycles. The van der Waals surface area contributed by atoms with Gasteiger partial charge in [-0.25, -0.2) is 0 Å². The van der Waals surface area contributed by atoms with Crippen molar-refractivity contribution in [3.63, 3.8) is 0 Å². The molecule has 0 fully saturated rings. The van der Waals surface area contributed by atoms with Gasteiger partial charge in [0.2, 0.25) is 5.91 Å². The number of amides is 1. The molecule has 2 aromatic rings. The molecule has 1 aromatic carbocycles. The molecule has 1 aromatic heterocycles. The molecule has 0 radical (unpaired) electrons. The van der Waals surface area contributed by atoms with E-state index in [1.54, 1.807) is 18.4 Å². The molecule has 0 aliphatic heterocycles. The molecule has 0 spiro atoms. The van der Waals surface area contributed by atoms with Gasteiger partial charge in [0, 0.05) is 6.54 Å². The third kappa shape index (κ3) is 3.79. The first kappa shape index (κ1) is 11.5. The van der Waals surface area contributed by atoms with Gasteiger partial charge in [-0.1, -0.05) is 30.3 Å². The van der Waals surface area contributed by atoms with Crippen LogP contribution < -0.4 is 5.32 Å². The summed E-state index contributed by atoms with van der Waals surface area (Å²) in [5, 5.41) is 2.87. The maximum Gasteiger partial charge on any atom is 0.227 e. The van der Waals surface area contributed by atoms with Crippen LogP contribution in [-0.2, 0) is 17.6 Å². The minimum atomic E-state index is -0.00381. The third-order valence-corrected chi connectivity index (χ3v) is 2.49. The van der Waals surface area contributed by atoms with E-state index in [-0.39, 0.29) is 5.91 Å². The highest BCUT2D eigenvalue weighted by Gasteiger charge is 2.04. The van der Waals surface area contributed by atoms with Gasteiger partial charge in [-0.3, -0.25) is 4.79 Å². The Bertz CT molecular complexity index is 448. The highest BCUT2D eigenvalue weighted by Crippen LogP contribution is 2.01. The monoisotopic (exact) mass is 229 g/mol. The average Bonchev–Trinajstić information content (AvgIpc) is 2.83. The van der Waals surface area contributed by atoms with Crippen LogP contribution in [0.2, 0.25) is 0 Å². The predicted molar refractivity (Wildman–Crippen MR) is 65.6 cm³/mol. The van der Waals surface area contributed by atoms with E-state index in [1.165, 1.54) is 5.56 Å². The Hall–Kier alpha value is -2.03. The molecule has 0 saturated heterocycles. The Kier molecular flexibility index (Phi) is 3.97. The van der Waals surface area contributed by atoms with Gasteiger partial charge >= 0.3 is 0 Å². The highest BCUT2D eigenvalue weighted by atomic mass is 16.3. The van der Waals surface area contributed by atoms with E-state index in [2.05, 4.69) is 17.4 Å². The lowest BCUT2D eigenvalue weighted by molar-refractivity contribution is -0.120. The standard InChI is InChI=1S/C14H15NO2/c16-14(11-13-7-4-10-17-13)15-9-8-12-5-2-1-3-6-12/h1-7,10H,8-9,11H2,(H,15,16). The van der Waals surface area contributed by atoms with Crippen LogP contribution in [0.25, 0.3) is 0 Å². The van der Waals surface area contributed by atoms with E-state index in [1.807, 2.05) is 18.2 Å². The zero-order chi connectivity index (χ0) is 11.9. The van der Waals surface area contributed by atoms with Crippen molar-refractivity contribution in [3.8, 4) is 0 Å². The zero-order valence-corrected chi connectivity index (χ0v) is 9.56. The molecule has 0 unspecified atom stereocenters. The van der Waals surface area contributed by atoms with E-state index in [0.717, 1.165) is 6.42 Å².